The highest BCUT2D eigenvalue weighted by Crippen LogP contribution is 2.14. The summed E-state index contributed by atoms with van der Waals surface area (Å²) in [5.74, 6) is 2.25. The molecule has 0 bridgehead atoms. The van der Waals surface area contributed by atoms with Gasteiger partial charge in [0, 0.05) is 32.7 Å². The summed E-state index contributed by atoms with van der Waals surface area (Å²) >= 11 is 0. The molecule has 0 radical (unpaired) electrons. The minimum absolute atomic E-state index is 0.00643. The predicted molar refractivity (Wildman–Crippen MR) is 115 cm³/mol. The molecule has 2 atom stereocenters. The van der Waals surface area contributed by atoms with Crippen molar-refractivity contribution in [1.82, 2.24) is 25.4 Å². The molecule has 0 amide bonds. The largest absolute Gasteiger partial charge is 0.377 e. The van der Waals surface area contributed by atoms with Gasteiger partial charge in [0.25, 0.3) is 0 Å². The molecule has 0 aliphatic carbocycles. The Bertz CT molecular complexity index is 958. The Balaban J connectivity index is 1.60. The van der Waals surface area contributed by atoms with Crippen LogP contribution in [0.5, 0.6) is 0 Å². The van der Waals surface area contributed by atoms with E-state index in [1.807, 2.05) is 17.7 Å². The number of ether oxygens (including phenoxy) is 1. The van der Waals surface area contributed by atoms with Gasteiger partial charge in [0.1, 0.15) is 12.4 Å². The van der Waals surface area contributed by atoms with Crippen molar-refractivity contribution >= 4 is 15.8 Å². The third-order valence-corrected chi connectivity index (χ3v) is 6.93. The van der Waals surface area contributed by atoms with E-state index in [1.54, 1.807) is 38.4 Å². The van der Waals surface area contributed by atoms with E-state index < -0.39 is 9.84 Å². The van der Waals surface area contributed by atoms with Crippen LogP contribution in [0.4, 0.5) is 0 Å². The Kier molecular flexibility index (Phi) is 7.43. The smallest absolute Gasteiger partial charge is 0.191 e. The lowest BCUT2D eigenvalue weighted by atomic mass is 10.1. The van der Waals surface area contributed by atoms with Gasteiger partial charge >= 0.3 is 0 Å². The highest BCUT2D eigenvalue weighted by atomic mass is 32.2. The number of fused-ring (bicyclic) bond motifs is 1. The van der Waals surface area contributed by atoms with Gasteiger partial charge in [-0.05, 0) is 25.0 Å². The zero-order valence-corrected chi connectivity index (χ0v) is 18.5. The topological polar surface area (TPSA) is 110 Å². The van der Waals surface area contributed by atoms with Crippen molar-refractivity contribution < 1.29 is 13.2 Å². The van der Waals surface area contributed by atoms with Gasteiger partial charge in [0.05, 0.1) is 17.2 Å². The molecule has 1 aromatic heterocycles. The molecule has 1 aliphatic heterocycles. The Morgan fingerprint density at radius 1 is 1.37 bits per heavy atom. The molecule has 2 N–H and O–H groups in total. The fourth-order valence-corrected chi connectivity index (χ4v) is 5.09. The number of nitrogens with one attached hydrogen (secondary N) is 2. The van der Waals surface area contributed by atoms with Crippen LogP contribution < -0.4 is 10.6 Å². The average Bonchev–Trinajstić information content (AvgIpc) is 3.15. The molecule has 9 nitrogen and oxygen atoms in total. The molecular formula is C20H30N6O3S. The first-order valence-electron chi connectivity index (χ1n) is 10.1. The van der Waals surface area contributed by atoms with Crippen molar-refractivity contribution in [2.24, 2.45) is 4.99 Å². The number of benzene rings is 1. The van der Waals surface area contributed by atoms with Gasteiger partial charge in [0.2, 0.25) is 0 Å². The summed E-state index contributed by atoms with van der Waals surface area (Å²) < 4.78 is 32.5. The fraction of sp³-hybridized carbons (Fsp3) is 0.550. The Morgan fingerprint density at radius 3 is 2.80 bits per heavy atom. The van der Waals surface area contributed by atoms with Crippen LogP contribution in [0.1, 0.15) is 31.4 Å². The number of aliphatic imine (C=N–C) groups is 1. The average molecular weight is 435 g/mol. The van der Waals surface area contributed by atoms with Crippen LogP contribution in [-0.2, 0) is 34.1 Å². The first kappa shape index (κ1) is 22.2. The van der Waals surface area contributed by atoms with Gasteiger partial charge in [-0.2, -0.15) is 5.10 Å². The molecule has 0 saturated heterocycles. The van der Waals surface area contributed by atoms with Gasteiger partial charge in [-0.1, -0.05) is 25.1 Å². The lowest BCUT2D eigenvalue weighted by molar-refractivity contribution is 0.177. The van der Waals surface area contributed by atoms with Crippen LogP contribution in [0.3, 0.4) is 0 Å². The van der Waals surface area contributed by atoms with E-state index in [0.29, 0.717) is 36.3 Å². The molecule has 2 aromatic rings. The molecule has 0 fully saturated rings. The highest BCUT2D eigenvalue weighted by molar-refractivity contribution is 7.91. The van der Waals surface area contributed by atoms with Crippen molar-refractivity contribution in [3.63, 3.8) is 0 Å². The number of aryl methyl sites for hydroxylation is 1. The Labute approximate surface area is 177 Å². The second-order valence-corrected chi connectivity index (χ2v) is 9.39. The van der Waals surface area contributed by atoms with Gasteiger partial charge in [-0.15, -0.1) is 0 Å². The summed E-state index contributed by atoms with van der Waals surface area (Å²) in [5, 5.41) is 11.2. The van der Waals surface area contributed by atoms with Gasteiger partial charge in [-0.3, -0.25) is 4.99 Å². The summed E-state index contributed by atoms with van der Waals surface area (Å²) in [7, 11) is -0.0649. The normalized spacial score (nSPS) is 18.0. The first-order valence-corrected chi connectivity index (χ1v) is 11.8. The van der Waals surface area contributed by atoms with E-state index in [2.05, 4.69) is 25.7 Å². The zero-order valence-electron chi connectivity index (χ0n) is 17.7. The van der Waals surface area contributed by atoms with Gasteiger partial charge < -0.3 is 15.4 Å². The van der Waals surface area contributed by atoms with E-state index in [9.17, 15) is 8.42 Å². The summed E-state index contributed by atoms with van der Waals surface area (Å²) in [4.78, 5) is 9.13. The quantitative estimate of drug-likeness (QED) is 0.474. The molecule has 2 unspecified atom stereocenters. The van der Waals surface area contributed by atoms with Gasteiger partial charge in [-0.25, -0.2) is 18.1 Å². The van der Waals surface area contributed by atoms with Crippen LogP contribution in [0.25, 0.3) is 0 Å². The third-order valence-electron chi connectivity index (χ3n) is 5.10. The first-order chi connectivity index (χ1) is 14.4. The number of hydrogen-bond donors (Lipinski definition) is 2. The van der Waals surface area contributed by atoms with E-state index >= 15 is 0 Å². The summed E-state index contributed by atoms with van der Waals surface area (Å²) in [6.45, 7) is 3.03. The minimum Gasteiger partial charge on any atom is -0.377 e. The van der Waals surface area contributed by atoms with Crippen LogP contribution in [0.15, 0.2) is 40.2 Å². The SMILES string of the molecule is CCC(CS(=O)(=O)c1ccccc1)NC(=NC)NC1CCc2nc(COC)nn2C1. The van der Waals surface area contributed by atoms with Crippen molar-refractivity contribution in [2.45, 2.75) is 56.3 Å². The lowest BCUT2D eigenvalue weighted by Crippen LogP contribution is -2.51. The molecule has 1 aliphatic rings. The maximum atomic E-state index is 12.7. The van der Waals surface area contributed by atoms with Crippen LogP contribution in [0.2, 0.25) is 0 Å². The van der Waals surface area contributed by atoms with Gasteiger partial charge in [0.15, 0.2) is 21.6 Å². The summed E-state index contributed by atoms with van der Waals surface area (Å²) in [5.41, 5.74) is 0. The van der Waals surface area contributed by atoms with Crippen molar-refractivity contribution in [3.05, 3.63) is 42.0 Å². The molecule has 30 heavy (non-hydrogen) atoms. The molecule has 0 saturated carbocycles. The molecular weight excluding hydrogens is 404 g/mol. The molecule has 10 heteroatoms. The molecule has 2 heterocycles. The van der Waals surface area contributed by atoms with Crippen LogP contribution in [0, 0.1) is 0 Å². The molecule has 0 spiro atoms. The van der Waals surface area contributed by atoms with Crippen LogP contribution >= 0.6 is 0 Å². The minimum atomic E-state index is -3.38. The highest BCUT2D eigenvalue weighted by Gasteiger charge is 2.24. The maximum absolute atomic E-state index is 12.7. The second-order valence-electron chi connectivity index (χ2n) is 7.36. The van der Waals surface area contributed by atoms with E-state index in [1.165, 1.54) is 0 Å². The number of aromatic nitrogens is 3. The number of rotatable bonds is 8. The Hall–Kier alpha value is -2.46. The molecule has 1 aromatic carbocycles. The Morgan fingerprint density at radius 2 is 2.13 bits per heavy atom. The lowest BCUT2D eigenvalue weighted by Gasteiger charge is -2.27. The molecule has 164 valence electrons. The number of nitrogens with zero attached hydrogens (tertiary/aromatic N) is 4. The number of sulfone groups is 1. The zero-order chi connectivity index (χ0) is 21.6. The predicted octanol–water partition coefficient (Wildman–Crippen LogP) is 1.16. The number of hydrogen-bond acceptors (Lipinski definition) is 6. The monoisotopic (exact) mass is 434 g/mol. The van der Waals surface area contributed by atoms with E-state index in [4.69, 9.17) is 4.74 Å². The van der Waals surface area contributed by atoms with Crippen LogP contribution in [-0.4, -0.2) is 61.1 Å². The fourth-order valence-electron chi connectivity index (χ4n) is 3.48. The maximum Gasteiger partial charge on any atom is 0.191 e. The third kappa shape index (κ3) is 5.57. The standard InChI is InChI=1S/C20H30N6O3S/c1-4-15(14-30(27,28)17-8-6-5-7-9-17)22-20(21-2)23-16-10-11-19-24-18(13-29-3)25-26(19)12-16/h5-9,15-16H,4,10-14H2,1-3H3,(H2,21,22,23). The van der Waals surface area contributed by atoms with E-state index in [-0.39, 0.29) is 17.8 Å². The summed E-state index contributed by atoms with van der Waals surface area (Å²) in [6, 6.07) is 8.42. The summed E-state index contributed by atoms with van der Waals surface area (Å²) in [6.07, 6.45) is 2.36. The molecule has 3 rings (SSSR count). The van der Waals surface area contributed by atoms with Crippen molar-refractivity contribution in [1.29, 1.82) is 0 Å². The second kappa shape index (κ2) is 10.0. The van der Waals surface area contributed by atoms with Crippen molar-refractivity contribution in [3.8, 4) is 0 Å². The number of guanidine groups is 1. The number of methoxy groups -OCH3 is 1. The van der Waals surface area contributed by atoms with Crippen molar-refractivity contribution in [2.75, 3.05) is 19.9 Å². The van der Waals surface area contributed by atoms with E-state index in [0.717, 1.165) is 18.7 Å².